The second-order valence-corrected chi connectivity index (χ2v) is 5.26. The SMILES string of the molecule is C[C@H](NC(=O)[C@H]1COc2ccccc2O1)c1ccc(F)cc1F. The number of carbonyl (C=O) groups is 1. The van der Waals surface area contributed by atoms with E-state index in [0.717, 1.165) is 12.1 Å². The van der Waals surface area contributed by atoms with E-state index in [4.69, 9.17) is 9.47 Å². The standard InChI is InChI=1S/C17H15F2NO3/c1-10(12-7-6-11(18)8-13(12)19)20-17(21)16-9-22-14-4-2-3-5-15(14)23-16/h2-8,10,16H,9H2,1H3,(H,20,21)/t10-,16+/m0/s1. The van der Waals surface area contributed by atoms with Gasteiger partial charge in [0, 0.05) is 11.6 Å². The molecule has 0 aromatic heterocycles. The van der Waals surface area contributed by atoms with Crippen molar-refractivity contribution >= 4 is 5.91 Å². The number of benzene rings is 2. The van der Waals surface area contributed by atoms with E-state index in [-0.39, 0.29) is 12.2 Å². The summed E-state index contributed by atoms with van der Waals surface area (Å²) < 4.78 is 37.7. The molecule has 2 aromatic carbocycles. The van der Waals surface area contributed by atoms with Gasteiger partial charge in [0.05, 0.1) is 6.04 Å². The van der Waals surface area contributed by atoms with Gasteiger partial charge in [-0.25, -0.2) is 8.78 Å². The maximum atomic E-state index is 13.7. The first-order chi connectivity index (χ1) is 11.0. The number of nitrogens with one attached hydrogen (secondary N) is 1. The number of rotatable bonds is 3. The molecule has 0 saturated carbocycles. The Kier molecular flexibility index (Phi) is 4.14. The van der Waals surface area contributed by atoms with Crippen molar-refractivity contribution in [2.75, 3.05) is 6.61 Å². The van der Waals surface area contributed by atoms with Crippen LogP contribution in [0.15, 0.2) is 42.5 Å². The van der Waals surface area contributed by atoms with E-state index in [0.29, 0.717) is 11.5 Å². The molecule has 0 unspecified atom stereocenters. The Morgan fingerprint density at radius 2 is 1.96 bits per heavy atom. The fourth-order valence-electron chi connectivity index (χ4n) is 2.39. The number of hydrogen-bond acceptors (Lipinski definition) is 3. The van der Waals surface area contributed by atoms with E-state index in [2.05, 4.69) is 5.32 Å². The van der Waals surface area contributed by atoms with E-state index >= 15 is 0 Å². The molecule has 0 saturated heterocycles. The van der Waals surface area contributed by atoms with Gasteiger partial charge >= 0.3 is 0 Å². The highest BCUT2D eigenvalue weighted by Crippen LogP contribution is 2.31. The van der Waals surface area contributed by atoms with E-state index < -0.39 is 29.7 Å². The van der Waals surface area contributed by atoms with Gasteiger partial charge in [-0.1, -0.05) is 18.2 Å². The lowest BCUT2D eigenvalue weighted by atomic mass is 10.1. The highest BCUT2D eigenvalue weighted by Gasteiger charge is 2.28. The minimum Gasteiger partial charge on any atom is -0.485 e. The predicted molar refractivity (Wildman–Crippen MR) is 79.3 cm³/mol. The maximum Gasteiger partial charge on any atom is 0.265 e. The van der Waals surface area contributed by atoms with Crippen LogP contribution in [0.3, 0.4) is 0 Å². The van der Waals surface area contributed by atoms with Gasteiger partial charge in [0.1, 0.15) is 18.2 Å². The highest BCUT2D eigenvalue weighted by molar-refractivity contribution is 5.82. The van der Waals surface area contributed by atoms with Gasteiger partial charge in [-0.05, 0) is 25.1 Å². The molecule has 0 fully saturated rings. The first-order valence-corrected chi connectivity index (χ1v) is 7.18. The molecule has 1 heterocycles. The fourth-order valence-corrected chi connectivity index (χ4v) is 2.39. The number of carbonyl (C=O) groups excluding carboxylic acids is 1. The topological polar surface area (TPSA) is 47.6 Å². The minimum atomic E-state index is -0.823. The zero-order valence-corrected chi connectivity index (χ0v) is 12.4. The second-order valence-electron chi connectivity index (χ2n) is 5.26. The monoisotopic (exact) mass is 319 g/mol. The second kappa shape index (κ2) is 6.24. The summed E-state index contributed by atoms with van der Waals surface area (Å²) in [6.45, 7) is 1.69. The molecule has 2 aromatic rings. The molecule has 1 N–H and O–H groups in total. The van der Waals surface area contributed by atoms with Gasteiger partial charge in [0.25, 0.3) is 5.91 Å². The van der Waals surface area contributed by atoms with Gasteiger partial charge in [-0.2, -0.15) is 0 Å². The number of amides is 1. The molecule has 0 aliphatic carbocycles. The van der Waals surface area contributed by atoms with Crippen LogP contribution >= 0.6 is 0 Å². The molecule has 0 bridgehead atoms. The Morgan fingerprint density at radius 1 is 1.22 bits per heavy atom. The van der Waals surface area contributed by atoms with Crippen LogP contribution in [0.4, 0.5) is 8.78 Å². The Labute approximate surface area is 132 Å². The minimum absolute atomic E-state index is 0.0709. The third kappa shape index (κ3) is 3.26. The van der Waals surface area contributed by atoms with Gasteiger partial charge in [0.2, 0.25) is 6.10 Å². The van der Waals surface area contributed by atoms with Crippen LogP contribution in [0.5, 0.6) is 11.5 Å². The molecule has 1 aliphatic rings. The molecular formula is C17H15F2NO3. The van der Waals surface area contributed by atoms with Crippen LogP contribution in [-0.2, 0) is 4.79 Å². The summed E-state index contributed by atoms with van der Waals surface area (Å²) in [5.41, 5.74) is 0.205. The van der Waals surface area contributed by atoms with Gasteiger partial charge < -0.3 is 14.8 Å². The largest absolute Gasteiger partial charge is 0.485 e. The van der Waals surface area contributed by atoms with Crippen molar-refractivity contribution in [3.63, 3.8) is 0 Å². The van der Waals surface area contributed by atoms with Crippen molar-refractivity contribution in [1.29, 1.82) is 0 Å². The molecule has 2 atom stereocenters. The number of hydrogen-bond donors (Lipinski definition) is 1. The van der Waals surface area contributed by atoms with E-state index in [1.165, 1.54) is 6.07 Å². The zero-order chi connectivity index (χ0) is 16.4. The normalized spacial score (nSPS) is 17.4. The molecule has 23 heavy (non-hydrogen) atoms. The number of fused-ring (bicyclic) bond motifs is 1. The molecule has 1 aliphatic heterocycles. The van der Waals surface area contributed by atoms with E-state index in [9.17, 15) is 13.6 Å². The molecule has 6 heteroatoms. The highest BCUT2D eigenvalue weighted by atomic mass is 19.1. The first kappa shape index (κ1) is 15.3. The molecule has 4 nitrogen and oxygen atoms in total. The maximum absolute atomic E-state index is 13.7. The summed E-state index contributed by atoms with van der Waals surface area (Å²) in [5, 5.41) is 2.65. The zero-order valence-electron chi connectivity index (χ0n) is 12.4. The molecule has 1 amide bonds. The van der Waals surface area contributed by atoms with Crippen molar-refractivity contribution in [2.45, 2.75) is 19.1 Å². The fraction of sp³-hybridized carbons (Fsp3) is 0.235. The smallest absolute Gasteiger partial charge is 0.265 e. The molecule has 0 radical (unpaired) electrons. The lowest BCUT2D eigenvalue weighted by Crippen LogP contribution is -2.44. The van der Waals surface area contributed by atoms with Crippen molar-refractivity contribution in [2.24, 2.45) is 0 Å². The van der Waals surface area contributed by atoms with E-state index in [1.54, 1.807) is 25.1 Å². The number of ether oxygens (including phenoxy) is 2. The molecule has 0 spiro atoms. The van der Waals surface area contributed by atoms with Gasteiger partial charge in [-0.15, -0.1) is 0 Å². The van der Waals surface area contributed by atoms with Crippen molar-refractivity contribution < 1.29 is 23.0 Å². The summed E-state index contributed by atoms with van der Waals surface area (Å²) in [6, 6.07) is 9.66. The Bertz CT molecular complexity index is 736. The van der Waals surface area contributed by atoms with Crippen LogP contribution < -0.4 is 14.8 Å². The van der Waals surface area contributed by atoms with Crippen molar-refractivity contribution in [1.82, 2.24) is 5.32 Å². The van der Waals surface area contributed by atoms with Crippen molar-refractivity contribution in [3.05, 3.63) is 59.7 Å². The summed E-state index contributed by atoms with van der Waals surface area (Å²) in [5.74, 6) is -0.723. The number of para-hydroxylation sites is 2. The third-order valence-electron chi connectivity index (χ3n) is 3.59. The average molecular weight is 319 g/mol. The third-order valence-corrected chi connectivity index (χ3v) is 3.59. The van der Waals surface area contributed by atoms with Crippen molar-refractivity contribution in [3.8, 4) is 11.5 Å². The number of halogens is 2. The van der Waals surface area contributed by atoms with Gasteiger partial charge in [0.15, 0.2) is 11.5 Å². The Balaban J connectivity index is 1.68. The lowest BCUT2D eigenvalue weighted by molar-refractivity contribution is -0.131. The molecule has 120 valence electrons. The molecular weight excluding hydrogens is 304 g/mol. The molecule has 3 rings (SSSR count). The predicted octanol–water partition coefficient (Wildman–Crippen LogP) is 2.98. The Morgan fingerprint density at radius 3 is 2.70 bits per heavy atom. The van der Waals surface area contributed by atoms with E-state index in [1.807, 2.05) is 6.07 Å². The van der Waals surface area contributed by atoms with Crippen LogP contribution in [-0.4, -0.2) is 18.6 Å². The first-order valence-electron chi connectivity index (χ1n) is 7.18. The van der Waals surface area contributed by atoms with Gasteiger partial charge in [-0.3, -0.25) is 4.79 Å². The lowest BCUT2D eigenvalue weighted by Gasteiger charge is -2.26. The summed E-state index contributed by atoms with van der Waals surface area (Å²) in [7, 11) is 0. The summed E-state index contributed by atoms with van der Waals surface area (Å²) in [6.07, 6.45) is -0.823. The van der Waals surface area contributed by atoms with Crippen LogP contribution in [0.25, 0.3) is 0 Å². The quantitative estimate of drug-likeness (QED) is 0.946. The average Bonchev–Trinajstić information content (AvgIpc) is 2.54. The summed E-state index contributed by atoms with van der Waals surface area (Å²) in [4.78, 5) is 12.3. The van der Waals surface area contributed by atoms with Crippen LogP contribution in [0.1, 0.15) is 18.5 Å². The summed E-state index contributed by atoms with van der Waals surface area (Å²) >= 11 is 0. The Hall–Kier alpha value is -2.63. The van der Waals surface area contributed by atoms with Crippen LogP contribution in [0, 0.1) is 11.6 Å². The van der Waals surface area contributed by atoms with Crippen LogP contribution in [0.2, 0.25) is 0 Å².